The van der Waals surface area contributed by atoms with E-state index in [1.54, 1.807) is 0 Å². The minimum atomic E-state index is -0.819. The largest absolute Gasteiger partial charge is 0.481 e. The molecule has 1 unspecified atom stereocenters. The molecule has 0 bridgehead atoms. The molecule has 2 aliphatic rings. The van der Waals surface area contributed by atoms with Gasteiger partial charge in [-0.2, -0.15) is 0 Å². The van der Waals surface area contributed by atoms with Gasteiger partial charge in [0, 0.05) is 12.6 Å². The van der Waals surface area contributed by atoms with Gasteiger partial charge in [0.25, 0.3) is 0 Å². The van der Waals surface area contributed by atoms with Crippen LogP contribution in [-0.4, -0.2) is 40.1 Å². The number of piperidine rings is 1. The van der Waals surface area contributed by atoms with Crippen LogP contribution in [-0.2, 0) is 4.79 Å². The van der Waals surface area contributed by atoms with Gasteiger partial charge < -0.3 is 15.3 Å². The average Bonchev–Trinajstić information content (AvgIpc) is 2.87. The third kappa shape index (κ3) is 4.11. The maximum absolute atomic E-state index is 12.6. The third-order valence-electron chi connectivity index (χ3n) is 4.93. The molecule has 5 nitrogen and oxygen atoms in total. The monoisotopic (exact) mass is 296 g/mol. The summed E-state index contributed by atoms with van der Waals surface area (Å²) in [5, 5.41) is 12.2. The van der Waals surface area contributed by atoms with E-state index in [0.717, 1.165) is 57.9 Å². The number of aliphatic carboxylic acids is 1. The van der Waals surface area contributed by atoms with Gasteiger partial charge in [-0.25, -0.2) is 4.79 Å². The first-order valence-corrected chi connectivity index (χ1v) is 8.37. The molecule has 5 heteroatoms. The molecule has 0 aromatic rings. The smallest absolute Gasteiger partial charge is 0.318 e. The Morgan fingerprint density at radius 1 is 1.24 bits per heavy atom. The van der Waals surface area contributed by atoms with Gasteiger partial charge in [-0.05, 0) is 38.5 Å². The Kier molecular flexibility index (Phi) is 5.48. The summed E-state index contributed by atoms with van der Waals surface area (Å²) < 4.78 is 0. The summed E-state index contributed by atoms with van der Waals surface area (Å²) in [6, 6.07) is 0.281. The van der Waals surface area contributed by atoms with Crippen molar-refractivity contribution in [3.05, 3.63) is 0 Å². The molecular formula is C16H28N2O3. The molecule has 2 amide bonds. The first-order valence-electron chi connectivity index (χ1n) is 8.37. The third-order valence-corrected chi connectivity index (χ3v) is 4.93. The Morgan fingerprint density at radius 3 is 2.57 bits per heavy atom. The summed E-state index contributed by atoms with van der Waals surface area (Å²) >= 11 is 0. The minimum Gasteiger partial charge on any atom is -0.481 e. The zero-order valence-electron chi connectivity index (χ0n) is 13.1. The molecular weight excluding hydrogens is 268 g/mol. The van der Waals surface area contributed by atoms with Crippen LogP contribution in [0.3, 0.4) is 0 Å². The second-order valence-electron chi connectivity index (χ2n) is 6.62. The number of carbonyl (C=O) groups excluding carboxylic acids is 1. The van der Waals surface area contributed by atoms with E-state index in [1.165, 1.54) is 6.42 Å². The van der Waals surface area contributed by atoms with Gasteiger partial charge in [0.05, 0.1) is 12.0 Å². The van der Waals surface area contributed by atoms with Crippen molar-refractivity contribution >= 4 is 12.0 Å². The maximum Gasteiger partial charge on any atom is 0.318 e. The number of hydrogen-bond acceptors (Lipinski definition) is 2. The lowest BCUT2D eigenvalue weighted by Gasteiger charge is -2.39. The van der Waals surface area contributed by atoms with Crippen molar-refractivity contribution in [1.29, 1.82) is 0 Å². The van der Waals surface area contributed by atoms with E-state index in [9.17, 15) is 9.59 Å². The zero-order chi connectivity index (χ0) is 15.3. The summed E-state index contributed by atoms with van der Waals surface area (Å²) in [7, 11) is 0. The number of carbonyl (C=O) groups is 2. The molecule has 2 rings (SSSR count). The van der Waals surface area contributed by atoms with Gasteiger partial charge in [0.2, 0.25) is 0 Å². The number of hydrogen-bond donors (Lipinski definition) is 2. The van der Waals surface area contributed by atoms with Crippen LogP contribution in [0, 0.1) is 0 Å². The van der Waals surface area contributed by atoms with Gasteiger partial charge in [-0.15, -0.1) is 0 Å². The molecule has 2 fully saturated rings. The quantitative estimate of drug-likeness (QED) is 0.819. The number of nitrogens with zero attached hydrogens (tertiary/aromatic N) is 1. The number of amides is 2. The van der Waals surface area contributed by atoms with Crippen molar-refractivity contribution in [2.24, 2.45) is 0 Å². The van der Waals surface area contributed by atoms with Crippen molar-refractivity contribution in [2.45, 2.75) is 82.7 Å². The van der Waals surface area contributed by atoms with E-state index < -0.39 is 11.5 Å². The second-order valence-corrected chi connectivity index (χ2v) is 6.62. The number of likely N-dealkylation sites (tertiary alicyclic amines) is 1. The highest BCUT2D eigenvalue weighted by Gasteiger charge is 2.39. The minimum absolute atomic E-state index is 0.0451. The van der Waals surface area contributed by atoms with E-state index >= 15 is 0 Å². The van der Waals surface area contributed by atoms with Crippen LogP contribution in [0.1, 0.15) is 71.1 Å². The molecule has 1 aliphatic heterocycles. The van der Waals surface area contributed by atoms with Crippen LogP contribution in [0.2, 0.25) is 0 Å². The fraction of sp³-hybridized carbons (Fsp3) is 0.875. The fourth-order valence-corrected chi connectivity index (χ4v) is 3.89. The van der Waals surface area contributed by atoms with Crippen molar-refractivity contribution in [1.82, 2.24) is 10.2 Å². The van der Waals surface area contributed by atoms with Gasteiger partial charge in [0.1, 0.15) is 0 Å². The molecule has 21 heavy (non-hydrogen) atoms. The number of urea groups is 1. The summed E-state index contributed by atoms with van der Waals surface area (Å²) in [6.07, 6.45) is 9.08. The van der Waals surface area contributed by atoms with Crippen LogP contribution in [0.15, 0.2) is 0 Å². The number of nitrogens with one attached hydrogen (secondary N) is 1. The summed E-state index contributed by atoms with van der Waals surface area (Å²) in [6.45, 7) is 2.95. The van der Waals surface area contributed by atoms with Crippen LogP contribution < -0.4 is 5.32 Å². The van der Waals surface area contributed by atoms with Crippen LogP contribution in [0.4, 0.5) is 4.79 Å². The summed E-state index contributed by atoms with van der Waals surface area (Å²) in [4.78, 5) is 25.7. The van der Waals surface area contributed by atoms with Gasteiger partial charge >= 0.3 is 12.0 Å². The van der Waals surface area contributed by atoms with Crippen LogP contribution in [0.5, 0.6) is 0 Å². The number of carboxylic acid groups (broad SMARTS) is 1. The Balaban J connectivity index is 2.01. The SMILES string of the molecule is CCCC1CCCCN1C(=O)NC1(CC(=O)O)CCCC1. The average molecular weight is 296 g/mol. The van der Waals surface area contributed by atoms with Crippen LogP contribution >= 0.6 is 0 Å². The Bertz CT molecular complexity index is 376. The molecule has 0 aromatic heterocycles. The molecule has 120 valence electrons. The molecule has 1 atom stereocenters. The van der Waals surface area contributed by atoms with E-state index in [-0.39, 0.29) is 12.5 Å². The zero-order valence-corrected chi connectivity index (χ0v) is 13.1. The van der Waals surface area contributed by atoms with Crippen molar-refractivity contribution in [2.75, 3.05) is 6.54 Å². The van der Waals surface area contributed by atoms with Gasteiger partial charge in [-0.1, -0.05) is 26.2 Å². The molecule has 0 aromatic carbocycles. The van der Waals surface area contributed by atoms with E-state index in [4.69, 9.17) is 5.11 Å². The lowest BCUT2D eigenvalue weighted by atomic mass is 9.93. The standard InChI is InChI=1S/C16H28N2O3/c1-2-7-13-8-3-6-11-18(13)15(21)17-16(12-14(19)20)9-4-5-10-16/h13H,2-12H2,1H3,(H,17,21)(H,19,20). The first-order chi connectivity index (χ1) is 10.1. The Hall–Kier alpha value is -1.26. The number of carboxylic acids is 1. The van der Waals surface area contributed by atoms with Crippen LogP contribution in [0.25, 0.3) is 0 Å². The molecule has 0 radical (unpaired) electrons. The van der Waals surface area contributed by atoms with Crippen molar-refractivity contribution in [3.8, 4) is 0 Å². The second kappa shape index (κ2) is 7.14. The molecule has 2 N–H and O–H groups in total. The molecule has 1 heterocycles. The van der Waals surface area contributed by atoms with E-state index in [2.05, 4.69) is 12.2 Å². The molecule has 1 saturated heterocycles. The Labute approximate surface area is 127 Å². The summed E-state index contributed by atoms with van der Waals surface area (Å²) in [5.74, 6) is -0.819. The Morgan fingerprint density at radius 2 is 1.95 bits per heavy atom. The first kappa shape index (κ1) is 16.1. The highest BCUT2D eigenvalue weighted by atomic mass is 16.4. The lowest BCUT2D eigenvalue weighted by molar-refractivity contribution is -0.138. The van der Waals surface area contributed by atoms with Gasteiger partial charge in [-0.3, -0.25) is 4.79 Å². The maximum atomic E-state index is 12.6. The predicted molar refractivity (Wildman–Crippen MR) is 81.2 cm³/mol. The van der Waals surface area contributed by atoms with Crippen molar-refractivity contribution in [3.63, 3.8) is 0 Å². The predicted octanol–water partition coefficient (Wildman–Crippen LogP) is 3.14. The normalized spacial score (nSPS) is 24.8. The highest BCUT2D eigenvalue weighted by molar-refractivity contribution is 5.77. The van der Waals surface area contributed by atoms with E-state index in [1.807, 2.05) is 4.90 Å². The topological polar surface area (TPSA) is 69.6 Å². The summed E-state index contributed by atoms with van der Waals surface area (Å²) in [5.41, 5.74) is -0.517. The molecule has 1 saturated carbocycles. The number of rotatable bonds is 5. The molecule has 1 aliphatic carbocycles. The lowest BCUT2D eigenvalue weighted by Crippen LogP contribution is -2.56. The molecule has 0 spiro atoms. The van der Waals surface area contributed by atoms with E-state index in [0.29, 0.717) is 6.04 Å². The highest BCUT2D eigenvalue weighted by Crippen LogP contribution is 2.33. The van der Waals surface area contributed by atoms with Crippen molar-refractivity contribution < 1.29 is 14.7 Å². The fourth-order valence-electron chi connectivity index (χ4n) is 3.89. The van der Waals surface area contributed by atoms with Gasteiger partial charge in [0.15, 0.2) is 0 Å².